The molecule has 1 aromatic heterocycles. The third kappa shape index (κ3) is 2.54. The van der Waals surface area contributed by atoms with Gasteiger partial charge in [0.2, 0.25) is 5.95 Å². The number of hydrogen-bond donors (Lipinski definition) is 2. The molecule has 0 saturated heterocycles. The molecule has 5 heteroatoms. The smallest absolute Gasteiger partial charge is 0.225 e. The van der Waals surface area contributed by atoms with Gasteiger partial charge in [0.15, 0.2) is 0 Å². The van der Waals surface area contributed by atoms with Gasteiger partial charge in [-0.05, 0) is 31.4 Å². The van der Waals surface area contributed by atoms with Gasteiger partial charge in [-0.25, -0.2) is 4.98 Å². The third-order valence-corrected chi connectivity index (χ3v) is 3.81. The van der Waals surface area contributed by atoms with Gasteiger partial charge in [-0.3, -0.25) is 0 Å². The van der Waals surface area contributed by atoms with Gasteiger partial charge in [0.25, 0.3) is 0 Å². The van der Waals surface area contributed by atoms with Crippen LogP contribution in [0.3, 0.4) is 0 Å². The van der Waals surface area contributed by atoms with Crippen molar-refractivity contribution >= 4 is 22.7 Å². The first-order chi connectivity index (χ1) is 9.63. The maximum Gasteiger partial charge on any atom is 0.225 e. The molecule has 3 N–H and O–H groups in total. The van der Waals surface area contributed by atoms with E-state index < -0.39 is 0 Å². The molecule has 0 aliphatic heterocycles. The zero-order valence-electron chi connectivity index (χ0n) is 12.0. The van der Waals surface area contributed by atoms with E-state index in [9.17, 15) is 0 Å². The van der Waals surface area contributed by atoms with Crippen LogP contribution in [0.5, 0.6) is 0 Å². The number of nitrogens with zero attached hydrogens (tertiary/aromatic N) is 3. The standard InChI is InChI=1S/C15H21N5/c1-20(2)14-12-5-3-4-6-13(12)18-15(19-14)17-11-8-7-10(16)9-11/h3-6,10-11H,7-9,16H2,1-2H3,(H,17,18,19). The molecule has 1 heterocycles. The maximum absolute atomic E-state index is 5.96. The number of fused-ring (bicyclic) bond motifs is 1. The summed E-state index contributed by atoms with van der Waals surface area (Å²) in [5, 5.41) is 4.50. The zero-order valence-corrected chi connectivity index (χ0v) is 12.0. The summed E-state index contributed by atoms with van der Waals surface area (Å²) >= 11 is 0. The van der Waals surface area contributed by atoms with E-state index in [4.69, 9.17) is 5.73 Å². The van der Waals surface area contributed by atoms with Crippen LogP contribution in [0.25, 0.3) is 10.9 Å². The fourth-order valence-corrected chi connectivity index (χ4v) is 2.80. The van der Waals surface area contributed by atoms with Gasteiger partial charge in [0.1, 0.15) is 5.82 Å². The van der Waals surface area contributed by atoms with Crippen molar-refractivity contribution in [3.63, 3.8) is 0 Å². The van der Waals surface area contributed by atoms with Gasteiger partial charge < -0.3 is 16.0 Å². The molecule has 1 fully saturated rings. The van der Waals surface area contributed by atoms with E-state index in [1.807, 2.05) is 37.2 Å². The van der Waals surface area contributed by atoms with Crippen molar-refractivity contribution in [2.45, 2.75) is 31.3 Å². The zero-order chi connectivity index (χ0) is 14.1. The van der Waals surface area contributed by atoms with Crippen LogP contribution in [0.1, 0.15) is 19.3 Å². The van der Waals surface area contributed by atoms with Crippen molar-refractivity contribution in [3.05, 3.63) is 24.3 Å². The molecule has 0 bridgehead atoms. The first-order valence-corrected chi connectivity index (χ1v) is 7.09. The minimum absolute atomic E-state index is 0.307. The number of benzene rings is 1. The van der Waals surface area contributed by atoms with Crippen molar-refractivity contribution in [2.24, 2.45) is 5.73 Å². The van der Waals surface area contributed by atoms with Crippen LogP contribution in [0.2, 0.25) is 0 Å². The quantitative estimate of drug-likeness (QED) is 0.893. The number of rotatable bonds is 3. The monoisotopic (exact) mass is 271 g/mol. The molecule has 0 spiro atoms. The van der Waals surface area contributed by atoms with E-state index in [-0.39, 0.29) is 0 Å². The lowest BCUT2D eigenvalue weighted by Gasteiger charge is -2.18. The Hall–Kier alpha value is -1.88. The lowest BCUT2D eigenvalue weighted by molar-refractivity contribution is 0.685. The summed E-state index contributed by atoms with van der Waals surface area (Å²) < 4.78 is 0. The largest absolute Gasteiger partial charge is 0.362 e. The minimum Gasteiger partial charge on any atom is -0.362 e. The van der Waals surface area contributed by atoms with Crippen molar-refractivity contribution in [3.8, 4) is 0 Å². The summed E-state index contributed by atoms with van der Waals surface area (Å²) in [5.41, 5.74) is 6.93. The predicted molar refractivity (Wildman–Crippen MR) is 83.1 cm³/mol. The Morgan fingerprint density at radius 1 is 1.20 bits per heavy atom. The molecule has 106 valence electrons. The number of anilines is 2. The molecule has 1 aliphatic carbocycles. The van der Waals surface area contributed by atoms with Gasteiger partial charge in [-0.2, -0.15) is 4.98 Å². The van der Waals surface area contributed by atoms with E-state index in [0.29, 0.717) is 18.0 Å². The molecule has 1 saturated carbocycles. The number of nitrogens with two attached hydrogens (primary N) is 1. The number of para-hydroxylation sites is 1. The van der Waals surface area contributed by atoms with Crippen LogP contribution in [-0.4, -0.2) is 36.1 Å². The average molecular weight is 271 g/mol. The summed E-state index contributed by atoms with van der Waals surface area (Å²) in [4.78, 5) is 11.3. The van der Waals surface area contributed by atoms with E-state index in [1.165, 1.54) is 0 Å². The summed E-state index contributed by atoms with van der Waals surface area (Å²) in [6.07, 6.45) is 3.16. The molecule has 20 heavy (non-hydrogen) atoms. The van der Waals surface area contributed by atoms with E-state index >= 15 is 0 Å². The second kappa shape index (κ2) is 5.25. The molecular formula is C15H21N5. The molecule has 2 unspecified atom stereocenters. The number of aromatic nitrogens is 2. The number of nitrogens with one attached hydrogen (secondary N) is 1. The fourth-order valence-electron chi connectivity index (χ4n) is 2.80. The highest BCUT2D eigenvalue weighted by Gasteiger charge is 2.22. The van der Waals surface area contributed by atoms with Crippen molar-refractivity contribution < 1.29 is 0 Å². The lowest BCUT2D eigenvalue weighted by atomic mass is 10.2. The van der Waals surface area contributed by atoms with E-state index in [2.05, 4.69) is 21.4 Å². The van der Waals surface area contributed by atoms with Crippen molar-refractivity contribution in [2.75, 3.05) is 24.3 Å². The third-order valence-electron chi connectivity index (χ3n) is 3.81. The van der Waals surface area contributed by atoms with E-state index in [1.54, 1.807) is 0 Å². The number of hydrogen-bond acceptors (Lipinski definition) is 5. The Morgan fingerprint density at radius 2 is 2.00 bits per heavy atom. The fraction of sp³-hybridized carbons (Fsp3) is 0.467. The molecule has 1 aromatic carbocycles. The first-order valence-electron chi connectivity index (χ1n) is 7.09. The second-order valence-electron chi connectivity index (χ2n) is 5.70. The topological polar surface area (TPSA) is 67.1 Å². The highest BCUT2D eigenvalue weighted by Crippen LogP contribution is 2.26. The molecular weight excluding hydrogens is 250 g/mol. The summed E-state index contributed by atoms with van der Waals surface area (Å²) in [6, 6.07) is 8.80. The molecule has 2 atom stereocenters. The SMILES string of the molecule is CN(C)c1nc(NC2CCC(N)C2)nc2ccccc12. The predicted octanol–water partition coefficient (Wildman–Crippen LogP) is 1.99. The Kier molecular flexibility index (Phi) is 3.44. The van der Waals surface area contributed by atoms with Gasteiger partial charge in [0.05, 0.1) is 5.52 Å². The second-order valence-corrected chi connectivity index (χ2v) is 5.70. The first kappa shape index (κ1) is 13.1. The molecule has 3 rings (SSSR count). The Labute approximate surface area is 119 Å². The van der Waals surface area contributed by atoms with Gasteiger partial charge in [-0.1, -0.05) is 12.1 Å². The van der Waals surface area contributed by atoms with Crippen molar-refractivity contribution in [1.82, 2.24) is 9.97 Å². The Bertz CT molecular complexity index is 610. The van der Waals surface area contributed by atoms with Crippen LogP contribution in [0.4, 0.5) is 11.8 Å². The lowest BCUT2D eigenvalue weighted by Crippen LogP contribution is -2.22. The van der Waals surface area contributed by atoms with Crippen LogP contribution in [-0.2, 0) is 0 Å². The summed E-state index contributed by atoms with van der Waals surface area (Å²) in [5.74, 6) is 1.65. The summed E-state index contributed by atoms with van der Waals surface area (Å²) in [6.45, 7) is 0. The van der Waals surface area contributed by atoms with E-state index in [0.717, 1.165) is 36.0 Å². The molecule has 5 nitrogen and oxygen atoms in total. The van der Waals surface area contributed by atoms with Gasteiger partial charge in [0, 0.05) is 31.6 Å². The average Bonchev–Trinajstić information content (AvgIpc) is 2.83. The minimum atomic E-state index is 0.307. The van der Waals surface area contributed by atoms with Crippen LogP contribution in [0, 0.1) is 0 Å². The Balaban J connectivity index is 1.95. The maximum atomic E-state index is 5.96. The Morgan fingerprint density at radius 3 is 2.70 bits per heavy atom. The van der Waals surface area contributed by atoms with Gasteiger partial charge >= 0.3 is 0 Å². The molecule has 0 radical (unpaired) electrons. The molecule has 2 aromatic rings. The van der Waals surface area contributed by atoms with Crippen LogP contribution < -0.4 is 16.0 Å². The molecule has 0 amide bonds. The highest BCUT2D eigenvalue weighted by atomic mass is 15.2. The van der Waals surface area contributed by atoms with Crippen molar-refractivity contribution in [1.29, 1.82) is 0 Å². The highest BCUT2D eigenvalue weighted by molar-refractivity contribution is 5.90. The van der Waals surface area contributed by atoms with Gasteiger partial charge in [-0.15, -0.1) is 0 Å². The molecule has 1 aliphatic rings. The van der Waals surface area contributed by atoms with Crippen LogP contribution in [0.15, 0.2) is 24.3 Å². The normalized spacial score (nSPS) is 22.1. The van der Waals surface area contributed by atoms with Crippen LogP contribution >= 0.6 is 0 Å². The summed E-state index contributed by atoms with van der Waals surface area (Å²) in [7, 11) is 4.01.